The normalized spacial score (nSPS) is 17.4. The van der Waals surface area contributed by atoms with Crippen molar-refractivity contribution in [1.29, 1.82) is 0 Å². The third-order valence-corrected chi connectivity index (χ3v) is 6.12. The van der Waals surface area contributed by atoms with Gasteiger partial charge in [-0.1, -0.05) is 72.3 Å². The molecule has 0 unspecified atom stereocenters. The van der Waals surface area contributed by atoms with Crippen LogP contribution in [-0.4, -0.2) is 5.97 Å². The quantitative estimate of drug-likeness (QED) is 0.302. The van der Waals surface area contributed by atoms with E-state index in [1.807, 2.05) is 18.2 Å². The highest BCUT2D eigenvalue weighted by atomic mass is 16.5. The molecular formula is C27H24O2. The summed E-state index contributed by atoms with van der Waals surface area (Å²) in [6.45, 7) is 0. The Kier molecular flexibility index (Phi) is 4.77. The second-order valence-electron chi connectivity index (χ2n) is 8.06. The number of hydrogen-bond donors (Lipinski definition) is 0. The van der Waals surface area contributed by atoms with E-state index >= 15 is 0 Å². The van der Waals surface area contributed by atoms with E-state index in [2.05, 4.69) is 60.7 Å². The van der Waals surface area contributed by atoms with E-state index in [1.165, 1.54) is 33.4 Å². The zero-order valence-corrected chi connectivity index (χ0v) is 16.4. The van der Waals surface area contributed by atoms with Crippen LogP contribution in [0.1, 0.15) is 42.4 Å². The van der Waals surface area contributed by atoms with Crippen molar-refractivity contribution >= 4 is 12.0 Å². The van der Waals surface area contributed by atoms with E-state index in [0.717, 1.165) is 32.1 Å². The first-order valence-corrected chi connectivity index (χ1v) is 10.4. The number of carbonyl (C=O) groups excluding carboxylic acids is 1. The van der Waals surface area contributed by atoms with Crippen LogP contribution in [0.15, 0.2) is 78.4 Å². The molecule has 29 heavy (non-hydrogen) atoms. The summed E-state index contributed by atoms with van der Waals surface area (Å²) in [5.41, 5.74) is 7.81. The topological polar surface area (TPSA) is 26.3 Å². The zero-order valence-electron chi connectivity index (χ0n) is 16.4. The fourth-order valence-corrected chi connectivity index (χ4v) is 4.54. The van der Waals surface area contributed by atoms with Crippen molar-refractivity contribution < 1.29 is 9.53 Å². The largest absolute Gasteiger partial charge is 0.426 e. The molecule has 0 amide bonds. The highest BCUT2D eigenvalue weighted by Gasteiger charge is 2.26. The summed E-state index contributed by atoms with van der Waals surface area (Å²) >= 11 is 0. The average molecular weight is 380 g/mol. The number of carbonyl (C=O) groups is 1. The third kappa shape index (κ3) is 3.75. The van der Waals surface area contributed by atoms with Crippen molar-refractivity contribution in [3.8, 4) is 16.9 Å². The minimum Gasteiger partial charge on any atom is -0.426 e. The van der Waals surface area contributed by atoms with Gasteiger partial charge < -0.3 is 4.74 Å². The zero-order chi connectivity index (χ0) is 19.6. The predicted molar refractivity (Wildman–Crippen MR) is 117 cm³/mol. The van der Waals surface area contributed by atoms with Crippen molar-refractivity contribution in [3.63, 3.8) is 0 Å². The fourth-order valence-electron chi connectivity index (χ4n) is 4.54. The Morgan fingerprint density at radius 3 is 2.38 bits per heavy atom. The molecule has 5 rings (SSSR count). The van der Waals surface area contributed by atoms with Gasteiger partial charge in [-0.2, -0.15) is 0 Å². The highest BCUT2D eigenvalue weighted by molar-refractivity contribution is 5.79. The van der Waals surface area contributed by atoms with Gasteiger partial charge in [0.25, 0.3) is 0 Å². The van der Waals surface area contributed by atoms with Crippen LogP contribution in [0.4, 0.5) is 0 Å². The summed E-state index contributed by atoms with van der Waals surface area (Å²) < 4.78 is 5.77. The number of rotatable bonds is 3. The minimum absolute atomic E-state index is 0.00613. The van der Waals surface area contributed by atoms with E-state index in [9.17, 15) is 4.79 Å². The van der Waals surface area contributed by atoms with Gasteiger partial charge in [-0.05, 0) is 72.1 Å². The molecule has 0 atom stereocenters. The Bertz CT molecular complexity index is 1070. The maximum absolute atomic E-state index is 12.7. The van der Waals surface area contributed by atoms with Gasteiger partial charge in [-0.15, -0.1) is 0 Å². The molecular weight excluding hydrogens is 356 g/mol. The van der Waals surface area contributed by atoms with Gasteiger partial charge in [-0.3, -0.25) is 4.79 Å². The Labute approximate surface area is 171 Å². The van der Waals surface area contributed by atoms with Gasteiger partial charge in [0.05, 0.1) is 5.92 Å². The second kappa shape index (κ2) is 7.71. The Morgan fingerprint density at radius 1 is 0.828 bits per heavy atom. The lowest BCUT2D eigenvalue weighted by molar-refractivity contribution is -0.139. The Hall–Kier alpha value is -3.13. The van der Waals surface area contributed by atoms with E-state index in [-0.39, 0.29) is 11.9 Å². The molecule has 144 valence electrons. The van der Waals surface area contributed by atoms with Gasteiger partial charge >= 0.3 is 5.97 Å². The number of allylic oxidation sites excluding steroid dienone is 1. The lowest BCUT2D eigenvalue weighted by Gasteiger charge is -2.22. The van der Waals surface area contributed by atoms with Crippen molar-refractivity contribution in [2.75, 3.05) is 0 Å². The highest BCUT2D eigenvalue weighted by Crippen LogP contribution is 2.38. The van der Waals surface area contributed by atoms with Crippen LogP contribution in [0.5, 0.6) is 5.75 Å². The molecule has 0 bridgehead atoms. The summed E-state index contributed by atoms with van der Waals surface area (Å²) in [4.78, 5) is 12.7. The number of benzene rings is 3. The average Bonchev–Trinajstić information content (AvgIpc) is 3.13. The number of esters is 1. The molecule has 2 heteroatoms. The maximum atomic E-state index is 12.7. The van der Waals surface area contributed by atoms with Crippen molar-refractivity contribution in [2.24, 2.45) is 5.92 Å². The van der Waals surface area contributed by atoms with Crippen LogP contribution in [0, 0.1) is 5.92 Å². The van der Waals surface area contributed by atoms with Gasteiger partial charge in [0, 0.05) is 0 Å². The molecule has 2 aliphatic rings. The Morgan fingerprint density at radius 2 is 1.55 bits per heavy atom. The van der Waals surface area contributed by atoms with Crippen molar-refractivity contribution in [1.82, 2.24) is 0 Å². The third-order valence-electron chi connectivity index (χ3n) is 6.12. The molecule has 2 aliphatic carbocycles. The van der Waals surface area contributed by atoms with Crippen LogP contribution in [0.2, 0.25) is 0 Å². The van der Waals surface area contributed by atoms with Crippen LogP contribution in [0.25, 0.3) is 17.2 Å². The first-order valence-electron chi connectivity index (χ1n) is 10.4. The van der Waals surface area contributed by atoms with E-state index in [0.29, 0.717) is 5.75 Å². The summed E-state index contributed by atoms with van der Waals surface area (Å²) in [5.74, 6) is 0.583. The molecule has 0 aliphatic heterocycles. The van der Waals surface area contributed by atoms with Gasteiger partial charge in [-0.25, -0.2) is 0 Å². The smallest absolute Gasteiger partial charge is 0.314 e. The molecule has 0 radical (unpaired) electrons. The molecule has 2 nitrogen and oxygen atoms in total. The lowest BCUT2D eigenvalue weighted by Crippen LogP contribution is -2.23. The summed E-state index contributed by atoms with van der Waals surface area (Å²) in [5, 5.41) is 0. The number of ether oxygens (including phenoxy) is 1. The maximum Gasteiger partial charge on any atom is 0.314 e. The molecule has 1 saturated carbocycles. The molecule has 0 aromatic heterocycles. The minimum atomic E-state index is -0.0841. The fraction of sp³-hybridized carbons (Fsp3) is 0.222. The van der Waals surface area contributed by atoms with Gasteiger partial charge in [0.2, 0.25) is 0 Å². The van der Waals surface area contributed by atoms with Crippen LogP contribution < -0.4 is 4.74 Å². The molecule has 0 N–H and O–H groups in total. The number of hydrogen-bond acceptors (Lipinski definition) is 2. The van der Waals surface area contributed by atoms with Crippen LogP contribution in [-0.2, 0) is 11.2 Å². The SMILES string of the molecule is O=C(Oc1ccc2c(c1)Cc1ccccc1-2)C1CCC(=Cc2ccccc2)CC1. The molecule has 3 aromatic carbocycles. The summed E-state index contributed by atoms with van der Waals surface area (Å²) in [6, 6.07) is 24.9. The van der Waals surface area contributed by atoms with Crippen molar-refractivity contribution in [3.05, 3.63) is 95.1 Å². The van der Waals surface area contributed by atoms with Crippen LogP contribution >= 0.6 is 0 Å². The molecule has 0 spiro atoms. The number of fused-ring (bicyclic) bond motifs is 3. The first kappa shape index (κ1) is 17.9. The lowest BCUT2D eigenvalue weighted by atomic mass is 9.85. The summed E-state index contributed by atoms with van der Waals surface area (Å²) in [7, 11) is 0. The molecule has 0 heterocycles. The van der Waals surface area contributed by atoms with Crippen LogP contribution in [0.3, 0.4) is 0 Å². The standard InChI is InChI=1S/C27H24O2/c28-27(21-12-10-20(11-13-21)16-19-6-2-1-3-7-19)29-24-14-15-26-23(18-24)17-22-8-4-5-9-25(22)26/h1-9,14-16,18,21H,10-13,17H2. The molecule has 3 aromatic rings. The monoisotopic (exact) mass is 380 g/mol. The predicted octanol–water partition coefficient (Wildman–Crippen LogP) is 6.44. The Balaban J connectivity index is 1.22. The molecule has 0 saturated heterocycles. The van der Waals surface area contributed by atoms with E-state index in [1.54, 1.807) is 0 Å². The summed E-state index contributed by atoms with van der Waals surface area (Å²) in [6.07, 6.45) is 6.85. The first-order chi connectivity index (χ1) is 14.3. The van der Waals surface area contributed by atoms with Crippen molar-refractivity contribution in [2.45, 2.75) is 32.1 Å². The van der Waals surface area contributed by atoms with E-state index in [4.69, 9.17) is 4.74 Å². The second-order valence-corrected chi connectivity index (χ2v) is 8.06. The van der Waals surface area contributed by atoms with E-state index < -0.39 is 0 Å². The van der Waals surface area contributed by atoms with Gasteiger partial charge in [0.15, 0.2) is 0 Å². The van der Waals surface area contributed by atoms with Gasteiger partial charge in [0.1, 0.15) is 5.75 Å². The molecule has 1 fully saturated rings.